The number of nitrogens with zero attached hydrogens (tertiary/aromatic N) is 1. The van der Waals surface area contributed by atoms with Crippen molar-refractivity contribution in [3.63, 3.8) is 0 Å². The molecule has 1 aromatic carbocycles. The second-order valence-corrected chi connectivity index (χ2v) is 4.28. The number of nitro benzene ring substituents is 1. The average Bonchev–Trinajstić information content (AvgIpc) is 2.38. The highest BCUT2D eigenvalue weighted by molar-refractivity contribution is 6.33. The molecule has 1 heterocycles. The summed E-state index contributed by atoms with van der Waals surface area (Å²) in [6.45, 7) is 2.30. The fourth-order valence-electron chi connectivity index (χ4n) is 1.64. The third kappa shape index (κ3) is 3.32. The quantitative estimate of drug-likeness (QED) is 0.671. The number of halogens is 1. The number of hydrogen-bond acceptors (Lipinski definition) is 5. The van der Waals surface area contributed by atoms with Crippen LogP contribution in [-0.4, -0.2) is 37.4 Å². The third-order valence-electron chi connectivity index (χ3n) is 2.57. The Bertz CT molecular complexity index is 435. The number of non-ortho nitro benzene ring substituents is 1. The Hall–Kier alpha value is -1.37. The lowest BCUT2D eigenvalue weighted by Gasteiger charge is -2.23. The van der Waals surface area contributed by atoms with Crippen molar-refractivity contribution in [1.29, 1.82) is 0 Å². The Balaban J connectivity index is 1.94. The molecule has 1 atom stereocenters. The zero-order valence-electron chi connectivity index (χ0n) is 9.60. The van der Waals surface area contributed by atoms with Gasteiger partial charge in [0.25, 0.3) is 5.69 Å². The Morgan fingerprint density at radius 1 is 1.50 bits per heavy atom. The molecule has 0 spiro atoms. The second-order valence-electron chi connectivity index (χ2n) is 3.87. The van der Waals surface area contributed by atoms with Crippen molar-refractivity contribution in [2.75, 3.05) is 31.7 Å². The van der Waals surface area contributed by atoms with Gasteiger partial charge in [0.2, 0.25) is 0 Å². The van der Waals surface area contributed by atoms with Crippen molar-refractivity contribution in [1.82, 2.24) is 0 Å². The summed E-state index contributed by atoms with van der Waals surface area (Å²) in [5.41, 5.74) is 0.624. The third-order valence-corrected chi connectivity index (χ3v) is 2.88. The predicted octanol–water partition coefficient (Wildman–Crippen LogP) is 2.08. The van der Waals surface area contributed by atoms with Crippen molar-refractivity contribution in [2.45, 2.75) is 6.10 Å². The molecule has 0 unspecified atom stereocenters. The van der Waals surface area contributed by atoms with E-state index in [1.807, 2.05) is 0 Å². The number of benzene rings is 1. The van der Waals surface area contributed by atoms with Crippen LogP contribution in [0.1, 0.15) is 0 Å². The van der Waals surface area contributed by atoms with E-state index in [4.69, 9.17) is 21.1 Å². The Labute approximate surface area is 109 Å². The van der Waals surface area contributed by atoms with E-state index in [9.17, 15) is 10.1 Å². The van der Waals surface area contributed by atoms with Crippen LogP contribution in [0.5, 0.6) is 0 Å². The standard InChI is InChI=1S/C11H13ClN2O4/c12-10-5-8(14(15)16)1-2-11(10)13-6-9-7-17-3-4-18-9/h1-2,5,9,13H,3-4,6-7H2/t9-/m1/s1. The fraction of sp³-hybridized carbons (Fsp3) is 0.455. The Morgan fingerprint density at radius 3 is 2.94 bits per heavy atom. The van der Waals surface area contributed by atoms with Crippen LogP contribution in [0.25, 0.3) is 0 Å². The molecule has 0 saturated carbocycles. The minimum atomic E-state index is -0.478. The number of hydrogen-bond donors (Lipinski definition) is 1. The van der Waals surface area contributed by atoms with Gasteiger partial charge in [0.1, 0.15) is 0 Å². The van der Waals surface area contributed by atoms with E-state index in [-0.39, 0.29) is 11.8 Å². The van der Waals surface area contributed by atoms with Crippen LogP contribution in [-0.2, 0) is 9.47 Å². The average molecular weight is 273 g/mol. The monoisotopic (exact) mass is 272 g/mol. The Kier molecular flexibility index (Phi) is 4.35. The summed E-state index contributed by atoms with van der Waals surface area (Å²) in [7, 11) is 0. The summed E-state index contributed by atoms with van der Waals surface area (Å²) in [6.07, 6.45) is -0.0231. The van der Waals surface area contributed by atoms with E-state index < -0.39 is 4.92 Å². The Morgan fingerprint density at radius 2 is 2.33 bits per heavy atom. The van der Waals surface area contributed by atoms with Gasteiger partial charge >= 0.3 is 0 Å². The van der Waals surface area contributed by atoms with Crippen LogP contribution < -0.4 is 5.32 Å². The van der Waals surface area contributed by atoms with Gasteiger partial charge in [0.15, 0.2) is 0 Å². The largest absolute Gasteiger partial charge is 0.381 e. The van der Waals surface area contributed by atoms with E-state index >= 15 is 0 Å². The first kappa shape index (κ1) is 13.1. The van der Waals surface area contributed by atoms with Crippen LogP contribution in [0, 0.1) is 10.1 Å². The molecule has 1 saturated heterocycles. The molecular weight excluding hydrogens is 260 g/mol. The lowest BCUT2D eigenvalue weighted by Crippen LogP contribution is -2.34. The van der Waals surface area contributed by atoms with E-state index in [1.54, 1.807) is 6.07 Å². The summed E-state index contributed by atoms with van der Waals surface area (Å²) in [5.74, 6) is 0. The summed E-state index contributed by atoms with van der Waals surface area (Å²) in [5, 5.41) is 14.0. The van der Waals surface area contributed by atoms with Gasteiger partial charge in [-0.05, 0) is 6.07 Å². The molecule has 1 aromatic rings. The lowest BCUT2D eigenvalue weighted by atomic mass is 10.2. The maximum absolute atomic E-state index is 10.6. The van der Waals surface area contributed by atoms with Gasteiger partial charge in [-0.15, -0.1) is 0 Å². The highest BCUT2D eigenvalue weighted by Crippen LogP contribution is 2.26. The zero-order valence-corrected chi connectivity index (χ0v) is 10.4. The number of ether oxygens (including phenoxy) is 2. The van der Waals surface area contributed by atoms with Crippen LogP contribution >= 0.6 is 11.6 Å². The highest BCUT2D eigenvalue weighted by atomic mass is 35.5. The summed E-state index contributed by atoms with van der Waals surface area (Å²) in [6, 6.07) is 4.32. The number of nitrogens with one attached hydrogen (secondary N) is 1. The molecule has 1 aliphatic heterocycles. The van der Waals surface area contributed by atoms with Crippen LogP contribution in [0.15, 0.2) is 18.2 Å². The van der Waals surface area contributed by atoms with Crippen molar-refractivity contribution in [3.05, 3.63) is 33.3 Å². The van der Waals surface area contributed by atoms with Gasteiger partial charge in [-0.3, -0.25) is 10.1 Å². The molecule has 6 nitrogen and oxygen atoms in total. The van der Waals surface area contributed by atoms with E-state index in [0.29, 0.717) is 37.1 Å². The van der Waals surface area contributed by atoms with Crippen LogP contribution in [0.3, 0.4) is 0 Å². The molecule has 98 valence electrons. The van der Waals surface area contributed by atoms with Crippen LogP contribution in [0.2, 0.25) is 5.02 Å². The van der Waals surface area contributed by atoms with E-state index in [2.05, 4.69) is 5.32 Å². The number of nitro groups is 1. The fourth-order valence-corrected chi connectivity index (χ4v) is 1.88. The van der Waals surface area contributed by atoms with Crippen molar-refractivity contribution in [3.8, 4) is 0 Å². The minimum absolute atomic E-state index is 0.0231. The molecule has 2 rings (SSSR count). The molecule has 1 N–H and O–H groups in total. The zero-order chi connectivity index (χ0) is 13.0. The molecule has 7 heteroatoms. The van der Waals surface area contributed by atoms with Gasteiger partial charge in [0, 0.05) is 18.7 Å². The van der Waals surface area contributed by atoms with Gasteiger partial charge in [-0.25, -0.2) is 0 Å². The van der Waals surface area contributed by atoms with Gasteiger partial charge in [0.05, 0.1) is 41.6 Å². The first-order valence-corrected chi connectivity index (χ1v) is 5.92. The topological polar surface area (TPSA) is 73.6 Å². The van der Waals surface area contributed by atoms with Crippen molar-refractivity contribution >= 4 is 23.0 Å². The van der Waals surface area contributed by atoms with E-state index in [1.165, 1.54) is 12.1 Å². The molecule has 0 aliphatic carbocycles. The van der Waals surface area contributed by atoms with Gasteiger partial charge in [-0.2, -0.15) is 0 Å². The van der Waals surface area contributed by atoms with Crippen LogP contribution in [0.4, 0.5) is 11.4 Å². The second kappa shape index (κ2) is 5.99. The minimum Gasteiger partial charge on any atom is -0.381 e. The maximum atomic E-state index is 10.6. The first-order valence-electron chi connectivity index (χ1n) is 5.54. The van der Waals surface area contributed by atoms with Crippen molar-refractivity contribution < 1.29 is 14.4 Å². The normalized spacial score (nSPS) is 19.5. The predicted molar refractivity (Wildman–Crippen MR) is 67.2 cm³/mol. The molecule has 0 aromatic heterocycles. The molecule has 1 fully saturated rings. The molecule has 0 amide bonds. The molecule has 0 bridgehead atoms. The van der Waals surface area contributed by atoms with Crippen molar-refractivity contribution in [2.24, 2.45) is 0 Å². The smallest absolute Gasteiger partial charge is 0.271 e. The lowest BCUT2D eigenvalue weighted by molar-refractivity contribution is -0.384. The summed E-state index contributed by atoms with van der Waals surface area (Å²) < 4.78 is 10.7. The maximum Gasteiger partial charge on any atom is 0.271 e. The highest BCUT2D eigenvalue weighted by Gasteiger charge is 2.15. The first-order chi connectivity index (χ1) is 8.66. The molecule has 0 radical (unpaired) electrons. The molecule has 18 heavy (non-hydrogen) atoms. The summed E-state index contributed by atoms with van der Waals surface area (Å²) >= 11 is 5.95. The molecule has 1 aliphatic rings. The van der Waals surface area contributed by atoms with Gasteiger partial charge in [-0.1, -0.05) is 11.6 Å². The van der Waals surface area contributed by atoms with Gasteiger partial charge < -0.3 is 14.8 Å². The summed E-state index contributed by atoms with van der Waals surface area (Å²) in [4.78, 5) is 10.1. The number of anilines is 1. The molecular formula is C11H13ClN2O4. The van der Waals surface area contributed by atoms with E-state index in [0.717, 1.165) is 0 Å². The SMILES string of the molecule is O=[N+]([O-])c1ccc(NC[C@@H]2COCCO2)c(Cl)c1. The number of rotatable bonds is 4.